The van der Waals surface area contributed by atoms with E-state index in [9.17, 15) is 15.3 Å². The van der Waals surface area contributed by atoms with Crippen molar-refractivity contribution >= 4 is 0 Å². The summed E-state index contributed by atoms with van der Waals surface area (Å²) in [5.41, 5.74) is -0.549. The molecule has 0 atom stereocenters. The summed E-state index contributed by atoms with van der Waals surface area (Å²) in [4.78, 5) is 2.00. The van der Waals surface area contributed by atoms with Crippen LogP contribution < -0.4 is 0 Å². The lowest BCUT2D eigenvalue weighted by Gasteiger charge is -2.58. The van der Waals surface area contributed by atoms with Crippen LogP contribution in [0.3, 0.4) is 0 Å². The average molecular weight is 231 g/mol. The molecule has 16 heavy (non-hydrogen) atoms. The maximum Gasteiger partial charge on any atom is 0.0906 e. The fourth-order valence-electron chi connectivity index (χ4n) is 2.67. The Kier molecular flexibility index (Phi) is 3.51. The first-order chi connectivity index (χ1) is 7.70. The Bertz CT molecular complexity index is 220. The van der Waals surface area contributed by atoms with Crippen LogP contribution in [0.4, 0.5) is 0 Å². The van der Waals surface area contributed by atoms with Crippen molar-refractivity contribution in [3.05, 3.63) is 0 Å². The topological polar surface area (TPSA) is 73.2 Å². The van der Waals surface area contributed by atoms with Gasteiger partial charge in [0.05, 0.1) is 25.4 Å². The molecule has 2 heterocycles. The van der Waals surface area contributed by atoms with Crippen molar-refractivity contribution in [2.45, 2.75) is 18.4 Å². The summed E-state index contributed by atoms with van der Waals surface area (Å²) in [5.74, 6) is 0. The van der Waals surface area contributed by atoms with Crippen molar-refractivity contribution in [3.8, 4) is 0 Å². The molecule has 0 radical (unpaired) electrons. The Balaban J connectivity index is 1.95. The lowest BCUT2D eigenvalue weighted by atomic mass is 9.71. The Hall–Kier alpha value is -0.200. The van der Waals surface area contributed by atoms with Crippen molar-refractivity contribution in [3.63, 3.8) is 0 Å². The van der Waals surface area contributed by atoms with Crippen LogP contribution in [-0.4, -0.2) is 71.9 Å². The summed E-state index contributed by atoms with van der Waals surface area (Å²) in [6.07, 6.45) is 2.09. The molecule has 2 rings (SSSR count). The van der Waals surface area contributed by atoms with E-state index in [0.29, 0.717) is 5.41 Å². The first-order valence-electron chi connectivity index (χ1n) is 5.86. The fourth-order valence-corrected chi connectivity index (χ4v) is 2.67. The number of hydrogen-bond donors (Lipinski definition) is 3. The van der Waals surface area contributed by atoms with Crippen molar-refractivity contribution in [2.75, 3.05) is 46.1 Å². The molecule has 2 aliphatic rings. The van der Waals surface area contributed by atoms with Crippen LogP contribution in [0.5, 0.6) is 0 Å². The average Bonchev–Trinajstić information content (AvgIpc) is 2.31. The minimum atomic E-state index is -0.844. The molecule has 94 valence electrons. The van der Waals surface area contributed by atoms with E-state index in [4.69, 9.17) is 4.74 Å². The third-order valence-electron chi connectivity index (χ3n) is 4.16. The largest absolute Gasteiger partial charge is 0.394 e. The summed E-state index contributed by atoms with van der Waals surface area (Å²) in [5, 5.41) is 27.9. The Morgan fingerprint density at radius 1 is 1.00 bits per heavy atom. The smallest absolute Gasteiger partial charge is 0.0906 e. The number of nitrogens with zero attached hydrogens (tertiary/aromatic N) is 1. The number of ether oxygens (including phenoxy) is 1. The summed E-state index contributed by atoms with van der Waals surface area (Å²) >= 11 is 0. The van der Waals surface area contributed by atoms with E-state index in [1.54, 1.807) is 0 Å². The van der Waals surface area contributed by atoms with Gasteiger partial charge in [0.1, 0.15) is 0 Å². The molecular weight excluding hydrogens is 210 g/mol. The van der Waals surface area contributed by atoms with Gasteiger partial charge in [-0.25, -0.2) is 0 Å². The quantitative estimate of drug-likeness (QED) is 0.568. The maximum atomic E-state index is 9.31. The monoisotopic (exact) mass is 231 g/mol. The highest BCUT2D eigenvalue weighted by Gasteiger charge is 2.51. The second-order valence-electron chi connectivity index (χ2n) is 5.17. The molecule has 0 aromatic carbocycles. The Morgan fingerprint density at radius 3 is 1.94 bits per heavy atom. The van der Waals surface area contributed by atoms with Gasteiger partial charge >= 0.3 is 0 Å². The Labute approximate surface area is 95.6 Å². The van der Waals surface area contributed by atoms with Gasteiger partial charge in [-0.1, -0.05) is 0 Å². The lowest BCUT2D eigenvalue weighted by molar-refractivity contribution is -0.159. The standard InChI is InChI=1S/C11H21NO4/c13-7-11(8-14,9-15)12-5-10(6-12)1-3-16-4-2-10/h13-15H,1-9H2. The molecule has 2 fully saturated rings. The highest BCUT2D eigenvalue weighted by Crippen LogP contribution is 2.42. The van der Waals surface area contributed by atoms with Gasteiger partial charge in [-0.05, 0) is 12.8 Å². The first kappa shape index (κ1) is 12.3. The molecule has 0 aliphatic carbocycles. The zero-order chi connectivity index (χ0) is 11.6. The number of rotatable bonds is 4. The predicted molar refractivity (Wildman–Crippen MR) is 58.0 cm³/mol. The van der Waals surface area contributed by atoms with E-state index in [2.05, 4.69) is 0 Å². The minimum absolute atomic E-state index is 0.202. The molecule has 1 spiro atoms. The number of likely N-dealkylation sites (tertiary alicyclic amines) is 1. The molecule has 5 heteroatoms. The van der Waals surface area contributed by atoms with Gasteiger partial charge in [0.25, 0.3) is 0 Å². The zero-order valence-corrected chi connectivity index (χ0v) is 9.56. The molecular formula is C11H21NO4. The SMILES string of the molecule is OCC(CO)(CO)N1CC2(CCOCC2)C1. The summed E-state index contributed by atoms with van der Waals surface area (Å²) in [7, 11) is 0. The van der Waals surface area contributed by atoms with E-state index in [0.717, 1.165) is 39.1 Å². The molecule has 5 nitrogen and oxygen atoms in total. The van der Waals surface area contributed by atoms with Crippen molar-refractivity contribution < 1.29 is 20.1 Å². The summed E-state index contributed by atoms with van der Waals surface area (Å²) < 4.78 is 5.33. The number of hydrogen-bond acceptors (Lipinski definition) is 5. The normalized spacial score (nSPS) is 25.7. The van der Waals surface area contributed by atoms with Crippen molar-refractivity contribution in [1.29, 1.82) is 0 Å². The van der Waals surface area contributed by atoms with E-state index < -0.39 is 5.54 Å². The number of aliphatic hydroxyl groups excluding tert-OH is 3. The summed E-state index contributed by atoms with van der Waals surface area (Å²) in [6, 6.07) is 0. The van der Waals surface area contributed by atoms with Crippen LogP contribution in [0.25, 0.3) is 0 Å². The van der Waals surface area contributed by atoms with E-state index in [1.807, 2.05) is 4.90 Å². The van der Waals surface area contributed by atoms with Gasteiger partial charge in [-0.2, -0.15) is 0 Å². The molecule has 0 saturated carbocycles. The zero-order valence-electron chi connectivity index (χ0n) is 9.56. The lowest BCUT2D eigenvalue weighted by Crippen LogP contribution is -2.70. The second kappa shape index (κ2) is 4.58. The van der Waals surface area contributed by atoms with Crippen LogP contribution in [0.2, 0.25) is 0 Å². The van der Waals surface area contributed by atoms with Gasteiger partial charge in [0, 0.05) is 31.7 Å². The molecule has 2 aliphatic heterocycles. The van der Waals surface area contributed by atoms with E-state index in [1.165, 1.54) is 0 Å². The van der Waals surface area contributed by atoms with E-state index in [-0.39, 0.29) is 19.8 Å². The molecule has 2 saturated heterocycles. The van der Waals surface area contributed by atoms with Gasteiger partial charge in [-0.3, -0.25) is 4.90 Å². The van der Waals surface area contributed by atoms with Crippen LogP contribution in [0, 0.1) is 5.41 Å². The predicted octanol–water partition coefficient (Wildman–Crippen LogP) is -1.19. The van der Waals surface area contributed by atoms with Gasteiger partial charge < -0.3 is 20.1 Å². The van der Waals surface area contributed by atoms with E-state index >= 15 is 0 Å². The van der Waals surface area contributed by atoms with Crippen LogP contribution in [0.1, 0.15) is 12.8 Å². The van der Waals surface area contributed by atoms with Crippen molar-refractivity contribution in [1.82, 2.24) is 4.90 Å². The van der Waals surface area contributed by atoms with Gasteiger partial charge in [0.2, 0.25) is 0 Å². The third-order valence-corrected chi connectivity index (χ3v) is 4.16. The fraction of sp³-hybridized carbons (Fsp3) is 1.00. The highest BCUT2D eigenvalue weighted by molar-refractivity contribution is 5.04. The molecule has 0 amide bonds. The third kappa shape index (κ3) is 1.87. The van der Waals surface area contributed by atoms with Gasteiger partial charge in [-0.15, -0.1) is 0 Å². The maximum absolute atomic E-state index is 9.31. The Morgan fingerprint density at radius 2 is 1.50 bits per heavy atom. The van der Waals surface area contributed by atoms with Crippen LogP contribution in [0.15, 0.2) is 0 Å². The molecule has 0 aromatic heterocycles. The van der Waals surface area contributed by atoms with Crippen LogP contribution in [-0.2, 0) is 4.74 Å². The minimum Gasteiger partial charge on any atom is -0.394 e. The molecule has 0 bridgehead atoms. The first-order valence-corrected chi connectivity index (χ1v) is 5.86. The molecule has 0 aromatic rings. The van der Waals surface area contributed by atoms with Crippen LogP contribution >= 0.6 is 0 Å². The second-order valence-corrected chi connectivity index (χ2v) is 5.17. The summed E-state index contributed by atoms with van der Waals surface area (Å²) in [6.45, 7) is 2.69. The van der Waals surface area contributed by atoms with Crippen molar-refractivity contribution in [2.24, 2.45) is 5.41 Å². The molecule has 3 N–H and O–H groups in total. The molecule has 0 unspecified atom stereocenters. The van der Waals surface area contributed by atoms with Gasteiger partial charge in [0.15, 0.2) is 0 Å². The number of aliphatic hydroxyl groups is 3. The highest BCUT2D eigenvalue weighted by atomic mass is 16.5.